The molecule has 4 heteroatoms. The number of rotatable bonds is 3. The van der Waals surface area contributed by atoms with E-state index in [1.54, 1.807) is 0 Å². The van der Waals surface area contributed by atoms with Crippen molar-refractivity contribution in [2.45, 2.75) is 56.8 Å². The fourth-order valence-electron chi connectivity index (χ4n) is 4.00. The summed E-state index contributed by atoms with van der Waals surface area (Å²) in [5.74, 6) is 2.73. The largest absolute Gasteiger partial charge is 0.389 e. The van der Waals surface area contributed by atoms with Gasteiger partial charge >= 0.3 is 0 Å². The summed E-state index contributed by atoms with van der Waals surface area (Å²) in [5.41, 5.74) is 0. The molecule has 0 spiro atoms. The molecular formula is C15H27NO3. The van der Waals surface area contributed by atoms with E-state index in [4.69, 9.17) is 0 Å². The van der Waals surface area contributed by atoms with Gasteiger partial charge in [0.15, 0.2) is 0 Å². The molecule has 3 aliphatic rings. The maximum atomic E-state index is 9.72. The molecule has 0 bridgehead atoms. The average molecular weight is 269 g/mol. The summed E-state index contributed by atoms with van der Waals surface area (Å²) in [6.07, 6.45) is 5.68. The molecule has 0 radical (unpaired) electrons. The number of hydrogen-bond acceptors (Lipinski definition) is 4. The van der Waals surface area contributed by atoms with Gasteiger partial charge in [0, 0.05) is 19.6 Å². The van der Waals surface area contributed by atoms with Crippen molar-refractivity contribution < 1.29 is 15.3 Å². The lowest BCUT2D eigenvalue weighted by molar-refractivity contribution is -0.112. The Kier molecular flexibility index (Phi) is 4.13. The van der Waals surface area contributed by atoms with Crippen molar-refractivity contribution in [2.75, 3.05) is 19.6 Å². The molecule has 3 fully saturated rings. The third kappa shape index (κ3) is 3.30. The zero-order chi connectivity index (χ0) is 13.4. The van der Waals surface area contributed by atoms with Crippen molar-refractivity contribution >= 4 is 0 Å². The lowest BCUT2D eigenvalue weighted by Crippen LogP contribution is -2.56. The van der Waals surface area contributed by atoms with Gasteiger partial charge in [-0.2, -0.15) is 0 Å². The van der Waals surface area contributed by atoms with Gasteiger partial charge in [0.25, 0.3) is 0 Å². The van der Waals surface area contributed by atoms with Crippen LogP contribution in [0.1, 0.15) is 38.5 Å². The fraction of sp³-hybridized carbons (Fsp3) is 1.00. The Labute approximate surface area is 115 Å². The van der Waals surface area contributed by atoms with Crippen LogP contribution in [0.3, 0.4) is 0 Å². The minimum atomic E-state index is -0.971. The van der Waals surface area contributed by atoms with Crippen LogP contribution in [0.2, 0.25) is 0 Å². The van der Waals surface area contributed by atoms with Gasteiger partial charge in [-0.25, -0.2) is 0 Å². The van der Waals surface area contributed by atoms with Gasteiger partial charge < -0.3 is 15.3 Å². The average Bonchev–Trinajstić information content (AvgIpc) is 3.21. The Morgan fingerprint density at radius 1 is 0.737 bits per heavy atom. The molecule has 1 saturated heterocycles. The summed E-state index contributed by atoms with van der Waals surface area (Å²) in [4.78, 5) is 2.13. The monoisotopic (exact) mass is 269 g/mol. The number of piperidine rings is 1. The Morgan fingerprint density at radius 2 is 1.21 bits per heavy atom. The first kappa shape index (κ1) is 13.8. The molecule has 2 aliphatic carbocycles. The number of aliphatic hydroxyl groups excluding tert-OH is 3. The first-order chi connectivity index (χ1) is 9.13. The van der Waals surface area contributed by atoms with Gasteiger partial charge in [-0.15, -0.1) is 0 Å². The second-order valence-electron chi connectivity index (χ2n) is 6.96. The summed E-state index contributed by atoms with van der Waals surface area (Å²) in [5, 5.41) is 29.0. The molecule has 19 heavy (non-hydrogen) atoms. The van der Waals surface area contributed by atoms with Crippen LogP contribution in [-0.2, 0) is 0 Å². The highest BCUT2D eigenvalue weighted by molar-refractivity contribution is 4.89. The highest BCUT2D eigenvalue weighted by Gasteiger charge is 2.36. The zero-order valence-electron chi connectivity index (χ0n) is 11.6. The minimum Gasteiger partial charge on any atom is -0.389 e. The van der Waals surface area contributed by atoms with E-state index in [9.17, 15) is 15.3 Å². The van der Waals surface area contributed by atoms with E-state index in [1.165, 1.54) is 38.5 Å². The van der Waals surface area contributed by atoms with Crippen molar-refractivity contribution in [1.82, 2.24) is 4.90 Å². The van der Waals surface area contributed by atoms with Gasteiger partial charge in [0.05, 0.1) is 12.2 Å². The van der Waals surface area contributed by atoms with Gasteiger partial charge in [-0.1, -0.05) is 0 Å². The number of β-amino-alcohol motifs (C(OH)–C–C–N with tert-alkyl or cyclic N) is 2. The van der Waals surface area contributed by atoms with Crippen molar-refractivity contribution in [3.8, 4) is 0 Å². The van der Waals surface area contributed by atoms with E-state index in [1.807, 2.05) is 0 Å². The highest BCUT2D eigenvalue weighted by atomic mass is 16.4. The van der Waals surface area contributed by atoms with Gasteiger partial charge in [0.1, 0.15) is 6.10 Å². The Morgan fingerprint density at radius 3 is 1.68 bits per heavy atom. The molecule has 3 atom stereocenters. The molecule has 1 heterocycles. The van der Waals surface area contributed by atoms with Crippen LogP contribution in [-0.4, -0.2) is 58.2 Å². The molecular weight excluding hydrogens is 242 g/mol. The maximum Gasteiger partial charge on any atom is 0.108 e. The number of likely N-dealkylation sites (tertiary alicyclic amines) is 1. The first-order valence-electron chi connectivity index (χ1n) is 7.90. The Balaban J connectivity index is 1.44. The molecule has 0 amide bonds. The summed E-state index contributed by atoms with van der Waals surface area (Å²) in [7, 11) is 0. The molecule has 110 valence electrons. The molecule has 2 saturated carbocycles. The summed E-state index contributed by atoms with van der Waals surface area (Å²) in [6.45, 7) is 1.97. The first-order valence-corrected chi connectivity index (χ1v) is 7.90. The molecule has 4 nitrogen and oxygen atoms in total. The lowest BCUT2D eigenvalue weighted by Gasteiger charge is -2.39. The molecule has 3 rings (SSSR count). The summed E-state index contributed by atoms with van der Waals surface area (Å²) < 4.78 is 0. The van der Waals surface area contributed by atoms with Crippen LogP contribution in [0.15, 0.2) is 0 Å². The number of aliphatic hydroxyl groups is 3. The standard InChI is InChI=1S/C15H27NO3/c17-13-8-16(9-14(18)15(13)19)7-10-1-3-11(4-2-10)12-5-6-12/h10-15,17-19H,1-9H2/t10-,11+,13-,14+,15+. The fourth-order valence-corrected chi connectivity index (χ4v) is 4.00. The van der Waals surface area contributed by atoms with Crippen molar-refractivity contribution in [3.63, 3.8) is 0 Å². The second kappa shape index (κ2) is 5.68. The van der Waals surface area contributed by atoms with E-state index in [0.717, 1.165) is 18.4 Å². The SMILES string of the molecule is O[C@H]1[C@H](O)CN(C[C@H]2CC[C@@H](C3CC3)CC2)C[C@@H]1O. The molecule has 0 aromatic carbocycles. The summed E-state index contributed by atoms with van der Waals surface area (Å²) in [6, 6.07) is 0. The molecule has 1 aliphatic heterocycles. The van der Waals surface area contributed by atoms with E-state index >= 15 is 0 Å². The van der Waals surface area contributed by atoms with Gasteiger partial charge in [-0.05, 0) is 56.3 Å². The zero-order valence-corrected chi connectivity index (χ0v) is 11.6. The Hall–Kier alpha value is -0.160. The molecule has 0 unspecified atom stereocenters. The lowest BCUT2D eigenvalue weighted by atomic mass is 9.79. The van der Waals surface area contributed by atoms with Crippen LogP contribution in [0.5, 0.6) is 0 Å². The second-order valence-corrected chi connectivity index (χ2v) is 6.96. The van der Waals surface area contributed by atoms with E-state index in [-0.39, 0.29) is 0 Å². The smallest absolute Gasteiger partial charge is 0.108 e. The highest BCUT2D eigenvalue weighted by Crippen LogP contribution is 2.45. The van der Waals surface area contributed by atoms with Gasteiger partial charge in [-0.3, -0.25) is 4.90 Å². The topological polar surface area (TPSA) is 63.9 Å². The number of hydrogen-bond donors (Lipinski definition) is 3. The van der Waals surface area contributed by atoms with Crippen molar-refractivity contribution in [2.24, 2.45) is 17.8 Å². The van der Waals surface area contributed by atoms with Crippen LogP contribution >= 0.6 is 0 Å². The van der Waals surface area contributed by atoms with Crippen LogP contribution < -0.4 is 0 Å². The van der Waals surface area contributed by atoms with Gasteiger partial charge in [0.2, 0.25) is 0 Å². The van der Waals surface area contributed by atoms with E-state index < -0.39 is 18.3 Å². The van der Waals surface area contributed by atoms with Crippen LogP contribution in [0, 0.1) is 17.8 Å². The maximum absolute atomic E-state index is 9.72. The third-order valence-corrected chi connectivity index (χ3v) is 5.38. The van der Waals surface area contributed by atoms with Crippen LogP contribution in [0.25, 0.3) is 0 Å². The van der Waals surface area contributed by atoms with E-state index in [0.29, 0.717) is 19.0 Å². The predicted octanol–water partition coefficient (Wildman–Crippen LogP) is 0.601. The van der Waals surface area contributed by atoms with Crippen molar-refractivity contribution in [3.05, 3.63) is 0 Å². The molecule has 0 aromatic rings. The van der Waals surface area contributed by atoms with Crippen LogP contribution in [0.4, 0.5) is 0 Å². The summed E-state index contributed by atoms with van der Waals surface area (Å²) >= 11 is 0. The predicted molar refractivity (Wildman–Crippen MR) is 72.6 cm³/mol. The quantitative estimate of drug-likeness (QED) is 0.702. The van der Waals surface area contributed by atoms with Crippen molar-refractivity contribution in [1.29, 1.82) is 0 Å². The number of nitrogens with zero attached hydrogens (tertiary/aromatic N) is 1. The normalized spacial score (nSPS) is 45.3. The Bertz CT molecular complexity index is 288. The third-order valence-electron chi connectivity index (χ3n) is 5.38. The minimum absolute atomic E-state index is 0.501. The molecule has 3 N–H and O–H groups in total. The molecule has 0 aromatic heterocycles. The van der Waals surface area contributed by atoms with E-state index in [2.05, 4.69) is 4.90 Å².